The molecule has 1 aromatic heterocycles. The fraction of sp³-hybridized carbons (Fsp3) is 0.304. The molecule has 3 aromatic rings. The number of ether oxygens (including phenoxy) is 1. The van der Waals surface area contributed by atoms with Gasteiger partial charge in [0, 0.05) is 38.1 Å². The lowest BCUT2D eigenvalue weighted by atomic mass is 10.2. The van der Waals surface area contributed by atoms with Crippen LogP contribution in [0.25, 0.3) is 0 Å². The monoisotopic (exact) mass is 486 g/mol. The zero-order valence-corrected chi connectivity index (χ0v) is 20.2. The fourth-order valence-corrected chi connectivity index (χ4v) is 6.20. The Kier molecular flexibility index (Phi) is 7.06. The Morgan fingerprint density at radius 1 is 1.00 bits per heavy atom. The Hall–Kier alpha value is -2.82. The van der Waals surface area contributed by atoms with Crippen LogP contribution in [0.5, 0.6) is 5.75 Å². The molecule has 0 saturated carbocycles. The van der Waals surface area contributed by atoms with E-state index in [0.717, 1.165) is 21.9 Å². The lowest BCUT2D eigenvalue weighted by Gasteiger charge is -2.35. The highest BCUT2D eigenvalue weighted by molar-refractivity contribution is 7.99. The zero-order chi connectivity index (χ0) is 23.4. The average molecular weight is 487 g/mol. The van der Waals surface area contributed by atoms with Crippen molar-refractivity contribution in [3.05, 3.63) is 76.7 Å². The van der Waals surface area contributed by atoms with E-state index in [4.69, 9.17) is 4.74 Å². The van der Waals surface area contributed by atoms with Crippen LogP contribution in [0, 0.1) is 0 Å². The summed E-state index contributed by atoms with van der Waals surface area (Å²) in [6.45, 7) is 1.69. The van der Waals surface area contributed by atoms with E-state index in [9.17, 15) is 13.2 Å². The molecule has 2 aromatic carbocycles. The summed E-state index contributed by atoms with van der Waals surface area (Å²) < 4.78 is 33.8. The summed E-state index contributed by atoms with van der Waals surface area (Å²) in [6, 6.07) is 16.7. The second-order valence-electron chi connectivity index (χ2n) is 7.69. The molecule has 1 saturated heterocycles. The van der Waals surface area contributed by atoms with Crippen molar-refractivity contribution in [2.75, 3.05) is 38.2 Å². The second-order valence-corrected chi connectivity index (χ2v) is 10.7. The standard InChI is InChI=1S/C23H26N4O4S2/c1-25-23(28)22(32-20-10-8-19(31-2)9-11-20)21(16-24-25)26-12-14-27(15-13-26)33(29,30)17-18-6-4-3-5-7-18/h3-11,16H,12-15,17H2,1-2H3. The van der Waals surface area contributed by atoms with Gasteiger partial charge in [-0.25, -0.2) is 13.1 Å². The maximum absolute atomic E-state index is 12.9. The van der Waals surface area contributed by atoms with Gasteiger partial charge in [0.1, 0.15) is 10.6 Å². The third kappa shape index (κ3) is 5.40. The van der Waals surface area contributed by atoms with Crippen LogP contribution in [0.3, 0.4) is 0 Å². The number of aromatic nitrogens is 2. The molecule has 174 valence electrons. The highest BCUT2D eigenvalue weighted by Gasteiger charge is 2.29. The smallest absolute Gasteiger partial charge is 0.282 e. The number of anilines is 1. The molecule has 1 aliphatic heterocycles. The third-order valence-corrected chi connectivity index (χ3v) is 8.46. The Morgan fingerprint density at radius 3 is 2.30 bits per heavy atom. The van der Waals surface area contributed by atoms with E-state index < -0.39 is 10.0 Å². The summed E-state index contributed by atoms with van der Waals surface area (Å²) in [5.74, 6) is 0.731. The summed E-state index contributed by atoms with van der Waals surface area (Å²) in [6.07, 6.45) is 1.68. The van der Waals surface area contributed by atoms with E-state index in [1.54, 1.807) is 20.4 Å². The number of sulfonamides is 1. The lowest BCUT2D eigenvalue weighted by molar-refractivity contribution is 0.383. The van der Waals surface area contributed by atoms with Gasteiger partial charge in [0.15, 0.2) is 0 Å². The Labute approximate surface area is 197 Å². The molecule has 0 bridgehead atoms. The first-order valence-corrected chi connectivity index (χ1v) is 12.9. The first kappa shape index (κ1) is 23.3. The predicted molar refractivity (Wildman–Crippen MR) is 129 cm³/mol. The topological polar surface area (TPSA) is 84.7 Å². The summed E-state index contributed by atoms with van der Waals surface area (Å²) in [7, 11) is -0.181. The van der Waals surface area contributed by atoms with E-state index in [0.29, 0.717) is 31.1 Å². The van der Waals surface area contributed by atoms with Gasteiger partial charge in [0.05, 0.1) is 24.7 Å². The molecular weight excluding hydrogens is 460 g/mol. The number of aryl methyl sites for hydroxylation is 1. The summed E-state index contributed by atoms with van der Waals surface area (Å²) >= 11 is 1.37. The van der Waals surface area contributed by atoms with Crippen LogP contribution >= 0.6 is 11.8 Å². The maximum Gasteiger partial charge on any atom is 0.282 e. The van der Waals surface area contributed by atoms with Gasteiger partial charge in [0.25, 0.3) is 5.56 Å². The number of methoxy groups -OCH3 is 1. The molecule has 4 rings (SSSR count). The summed E-state index contributed by atoms with van der Waals surface area (Å²) in [5, 5.41) is 4.20. The normalized spacial score (nSPS) is 14.9. The Bertz CT molecular complexity index is 1250. The molecule has 8 nitrogen and oxygen atoms in total. The molecule has 0 atom stereocenters. The van der Waals surface area contributed by atoms with Crippen molar-refractivity contribution in [1.29, 1.82) is 0 Å². The molecule has 2 heterocycles. The van der Waals surface area contributed by atoms with Gasteiger partial charge >= 0.3 is 0 Å². The minimum absolute atomic E-state index is 0.0140. The van der Waals surface area contributed by atoms with E-state index in [2.05, 4.69) is 5.10 Å². The first-order chi connectivity index (χ1) is 15.9. The average Bonchev–Trinajstić information content (AvgIpc) is 2.83. The molecule has 10 heteroatoms. The molecule has 33 heavy (non-hydrogen) atoms. The van der Waals surface area contributed by atoms with Gasteiger partial charge in [-0.1, -0.05) is 42.1 Å². The van der Waals surface area contributed by atoms with Crippen molar-refractivity contribution in [3.63, 3.8) is 0 Å². The summed E-state index contributed by atoms with van der Waals surface area (Å²) in [4.78, 5) is 16.4. The molecule has 0 unspecified atom stereocenters. The van der Waals surface area contributed by atoms with Gasteiger partial charge in [-0.05, 0) is 29.8 Å². The van der Waals surface area contributed by atoms with E-state index in [1.807, 2.05) is 59.5 Å². The molecule has 0 spiro atoms. The molecule has 1 fully saturated rings. The van der Waals surface area contributed by atoms with Gasteiger partial charge in [-0.15, -0.1) is 0 Å². The molecule has 0 amide bonds. The van der Waals surface area contributed by atoms with Crippen LogP contribution in [0.15, 0.2) is 75.4 Å². The van der Waals surface area contributed by atoms with E-state index >= 15 is 0 Å². The third-order valence-electron chi connectivity index (χ3n) is 5.52. The predicted octanol–water partition coefficient (Wildman–Crippen LogP) is 2.59. The molecule has 0 N–H and O–H groups in total. The van der Waals surface area contributed by atoms with E-state index in [1.165, 1.54) is 20.7 Å². The summed E-state index contributed by atoms with van der Waals surface area (Å²) in [5.41, 5.74) is 1.31. The SMILES string of the molecule is COc1ccc(Sc2c(N3CCN(S(=O)(=O)Cc4ccccc4)CC3)cnn(C)c2=O)cc1. The maximum atomic E-state index is 12.9. The second kappa shape index (κ2) is 9.98. The largest absolute Gasteiger partial charge is 0.497 e. The number of nitrogens with zero attached hydrogens (tertiary/aromatic N) is 4. The quantitative estimate of drug-likeness (QED) is 0.508. The number of benzene rings is 2. The van der Waals surface area contributed by atoms with Crippen LogP contribution in [0.4, 0.5) is 5.69 Å². The van der Waals surface area contributed by atoms with Crippen molar-refractivity contribution in [3.8, 4) is 5.75 Å². The lowest BCUT2D eigenvalue weighted by Crippen LogP contribution is -2.49. The number of hydrogen-bond donors (Lipinski definition) is 0. The number of piperazine rings is 1. The van der Waals surface area contributed by atoms with Gasteiger partial charge in [-0.2, -0.15) is 9.40 Å². The van der Waals surface area contributed by atoms with Gasteiger partial charge < -0.3 is 9.64 Å². The Balaban J connectivity index is 1.51. The van der Waals surface area contributed by atoms with Crippen LogP contribution in [0.1, 0.15) is 5.56 Å². The van der Waals surface area contributed by atoms with Crippen molar-refractivity contribution in [2.45, 2.75) is 15.5 Å². The van der Waals surface area contributed by atoms with Crippen LogP contribution in [-0.4, -0.2) is 55.8 Å². The number of hydrogen-bond acceptors (Lipinski definition) is 7. The first-order valence-electron chi connectivity index (χ1n) is 10.5. The van der Waals surface area contributed by atoms with Gasteiger partial charge in [0.2, 0.25) is 10.0 Å². The van der Waals surface area contributed by atoms with Crippen LogP contribution in [-0.2, 0) is 22.8 Å². The highest BCUT2D eigenvalue weighted by atomic mass is 32.2. The van der Waals surface area contributed by atoms with Crippen molar-refractivity contribution in [1.82, 2.24) is 14.1 Å². The van der Waals surface area contributed by atoms with Crippen molar-refractivity contribution < 1.29 is 13.2 Å². The molecule has 0 radical (unpaired) electrons. The Morgan fingerprint density at radius 2 is 1.67 bits per heavy atom. The van der Waals surface area contributed by atoms with Gasteiger partial charge in [-0.3, -0.25) is 4.79 Å². The molecule has 0 aliphatic carbocycles. The van der Waals surface area contributed by atoms with Crippen molar-refractivity contribution >= 4 is 27.5 Å². The van der Waals surface area contributed by atoms with E-state index in [-0.39, 0.29) is 11.3 Å². The molecule has 1 aliphatic rings. The minimum Gasteiger partial charge on any atom is -0.497 e. The highest BCUT2D eigenvalue weighted by Crippen LogP contribution is 2.33. The number of rotatable bonds is 7. The van der Waals surface area contributed by atoms with Crippen LogP contribution < -0.4 is 15.2 Å². The molecular formula is C23H26N4O4S2. The van der Waals surface area contributed by atoms with Crippen molar-refractivity contribution in [2.24, 2.45) is 7.05 Å². The fourth-order valence-electron chi connectivity index (χ4n) is 3.68. The minimum atomic E-state index is -3.41. The zero-order valence-electron chi connectivity index (χ0n) is 18.5. The van der Waals surface area contributed by atoms with Crippen LogP contribution in [0.2, 0.25) is 0 Å².